The molecule has 0 bridgehead atoms. The molecule has 1 unspecified atom stereocenters. The molecule has 0 saturated heterocycles. The van der Waals surface area contributed by atoms with Gasteiger partial charge in [-0.15, -0.1) is 11.3 Å². The highest BCUT2D eigenvalue weighted by molar-refractivity contribution is 7.14. The molecule has 132 valence electrons. The minimum atomic E-state index is -0.307. The van der Waals surface area contributed by atoms with Crippen molar-refractivity contribution in [1.82, 2.24) is 10.2 Å². The third-order valence-corrected chi connectivity index (χ3v) is 5.71. The van der Waals surface area contributed by atoms with E-state index in [0.717, 1.165) is 23.3 Å². The fourth-order valence-electron chi connectivity index (χ4n) is 3.04. The maximum atomic E-state index is 13.6. The molecule has 1 aromatic heterocycles. The molecule has 2 aromatic rings. The lowest BCUT2D eigenvalue weighted by Gasteiger charge is -2.21. The van der Waals surface area contributed by atoms with Crippen molar-refractivity contribution < 1.29 is 14.0 Å². The predicted octanol–water partition coefficient (Wildman–Crippen LogP) is 3.01. The molecule has 6 heteroatoms. The summed E-state index contributed by atoms with van der Waals surface area (Å²) in [6, 6.07) is 8.37. The number of nitrogens with one attached hydrogen (secondary N) is 1. The van der Waals surface area contributed by atoms with Gasteiger partial charge in [-0.05, 0) is 37.0 Å². The largest absolute Gasteiger partial charge is 0.352 e. The molecule has 4 nitrogen and oxygen atoms in total. The number of carbonyl (C=O) groups is 2. The second-order valence-corrected chi connectivity index (χ2v) is 7.64. The number of hydrogen-bond acceptors (Lipinski definition) is 3. The Morgan fingerprint density at radius 2 is 2.08 bits per heavy atom. The van der Waals surface area contributed by atoms with Crippen molar-refractivity contribution in [3.05, 3.63) is 57.0 Å². The molecular formula is C19H21FN2O2S. The summed E-state index contributed by atoms with van der Waals surface area (Å²) in [5.41, 5.74) is 1.58. The zero-order valence-electron chi connectivity index (χ0n) is 14.3. The normalized spacial score (nSPS) is 16.2. The molecule has 1 aliphatic rings. The Bertz CT molecular complexity index is 800. The van der Waals surface area contributed by atoms with Gasteiger partial charge in [0, 0.05) is 37.0 Å². The number of carbonyl (C=O) groups excluding carboxylic acids is 2. The van der Waals surface area contributed by atoms with Gasteiger partial charge >= 0.3 is 0 Å². The van der Waals surface area contributed by atoms with Crippen molar-refractivity contribution >= 4 is 23.2 Å². The number of aryl methyl sites for hydroxylation is 1. The quantitative estimate of drug-likeness (QED) is 0.911. The van der Waals surface area contributed by atoms with Crippen LogP contribution in [0.5, 0.6) is 0 Å². The minimum absolute atomic E-state index is 0.0000423. The van der Waals surface area contributed by atoms with Gasteiger partial charge in [-0.25, -0.2) is 4.39 Å². The van der Waals surface area contributed by atoms with Crippen molar-refractivity contribution in [3.8, 4) is 0 Å². The van der Waals surface area contributed by atoms with E-state index in [9.17, 15) is 14.0 Å². The van der Waals surface area contributed by atoms with Gasteiger partial charge in [-0.2, -0.15) is 0 Å². The number of rotatable bonds is 4. The highest BCUT2D eigenvalue weighted by Gasteiger charge is 2.27. The first-order valence-electron chi connectivity index (χ1n) is 8.30. The molecule has 1 atom stereocenters. The lowest BCUT2D eigenvalue weighted by atomic mass is 9.87. The number of hydrogen-bond donors (Lipinski definition) is 1. The van der Waals surface area contributed by atoms with E-state index in [1.165, 1.54) is 22.3 Å². The van der Waals surface area contributed by atoms with Crippen LogP contribution in [0.4, 0.5) is 4.39 Å². The number of nitrogens with zero attached hydrogens (tertiary/aromatic N) is 1. The SMILES string of the molecule is CN(C)C(=O)c1cc2c(s1)CCC(C(=O)NCc1ccccc1F)C2. The third kappa shape index (κ3) is 3.90. The van der Waals surface area contributed by atoms with Gasteiger partial charge < -0.3 is 10.2 Å². The van der Waals surface area contributed by atoms with Gasteiger partial charge in [0.2, 0.25) is 5.91 Å². The molecule has 1 aliphatic carbocycles. The van der Waals surface area contributed by atoms with Crippen LogP contribution in [0.1, 0.15) is 32.1 Å². The van der Waals surface area contributed by atoms with E-state index < -0.39 is 0 Å². The summed E-state index contributed by atoms with van der Waals surface area (Å²) in [6.07, 6.45) is 2.19. The fraction of sp³-hybridized carbons (Fsp3) is 0.368. The Morgan fingerprint density at radius 1 is 1.32 bits per heavy atom. The number of amides is 2. The summed E-state index contributed by atoms with van der Waals surface area (Å²) in [5.74, 6) is -0.491. The first-order valence-corrected chi connectivity index (χ1v) is 9.11. The molecule has 0 saturated carbocycles. The monoisotopic (exact) mass is 360 g/mol. The highest BCUT2D eigenvalue weighted by Crippen LogP contribution is 2.33. The summed E-state index contributed by atoms with van der Waals surface area (Å²) in [5, 5.41) is 2.84. The lowest BCUT2D eigenvalue weighted by molar-refractivity contribution is -0.125. The van der Waals surface area contributed by atoms with Gasteiger partial charge in [0.05, 0.1) is 4.88 Å². The number of thiophene rings is 1. The topological polar surface area (TPSA) is 49.4 Å². The molecule has 0 fully saturated rings. The molecule has 3 rings (SSSR count). The van der Waals surface area contributed by atoms with Crippen molar-refractivity contribution in [1.29, 1.82) is 0 Å². The van der Waals surface area contributed by atoms with Gasteiger partial charge in [-0.3, -0.25) is 9.59 Å². The van der Waals surface area contributed by atoms with Crippen LogP contribution in [-0.2, 0) is 24.2 Å². The summed E-state index contributed by atoms with van der Waals surface area (Å²) in [4.78, 5) is 28.0. The van der Waals surface area contributed by atoms with Crippen molar-refractivity contribution in [2.75, 3.05) is 14.1 Å². The molecule has 0 aliphatic heterocycles. The van der Waals surface area contributed by atoms with Crippen LogP contribution < -0.4 is 5.32 Å². The predicted molar refractivity (Wildman–Crippen MR) is 96.1 cm³/mol. The van der Waals surface area contributed by atoms with Crippen LogP contribution in [0, 0.1) is 11.7 Å². The number of fused-ring (bicyclic) bond motifs is 1. The summed E-state index contributed by atoms with van der Waals surface area (Å²) >= 11 is 1.53. The van der Waals surface area contributed by atoms with E-state index in [1.807, 2.05) is 6.07 Å². The van der Waals surface area contributed by atoms with Crippen molar-refractivity contribution in [2.24, 2.45) is 5.92 Å². The maximum Gasteiger partial charge on any atom is 0.263 e. The zero-order valence-corrected chi connectivity index (χ0v) is 15.2. The second kappa shape index (κ2) is 7.35. The summed E-state index contributed by atoms with van der Waals surface area (Å²) < 4.78 is 13.6. The van der Waals surface area contributed by atoms with Crippen LogP contribution in [0.2, 0.25) is 0 Å². The van der Waals surface area contributed by atoms with Gasteiger partial charge in [0.1, 0.15) is 5.82 Å². The van der Waals surface area contributed by atoms with Crippen LogP contribution in [0.25, 0.3) is 0 Å². The zero-order chi connectivity index (χ0) is 18.0. The van der Waals surface area contributed by atoms with Crippen molar-refractivity contribution in [2.45, 2.75) is 25.8 Å². The standard InChI is InChI=1S/C19H21FN2O2S/c1-22(2)19(24)17-10-14-9-12(7-8-16(14)25-17)18(23)21-11-13-5-3-4-6-15(13)20/h3-6,10,12H,7-9,11H2,1-2H3,(H,21,23). The Balaban J connectivity index is 1.63. The number of benzene rings is 1. The van der Waals surface area contributed by atoms with Crippen LogP contribution in [-0.4, -0.2) is 30.8 Å². The molecule has 1 heterocycles. The Labute approximate surface area is 150 Å². The van der Waals surface area contributed by atoms with Gasteiger partial charge in [0.15, 0.2) is 0 Å². The lowest BCUT2D eigenvalue weighted by Crippen LogP contribution is -2.33. The Hall–Kier alpha value is -2.21. The van der Waals surface area contributed by atoms with Gasteiger partial charge in [-0.1, -0.05) is 18.2 Å². The van der Waals surface area contributed by atoms with Crippen molar-refractivity contribution in [3.63, 3.8) is 0 Å². The van der Waals surface area contributed by atoms with Gasteiger partial charge in [0.25, 0.3) is 5.91 Å². The van der Waals surface area contributed by atoms with E-state index >= 15 is 0 Å². The molecular weight excluding hydrogens is 339 g/mol. The molecule has 0 radical (unpaired) electrons. The van der Waals surface area contributed by atoms with E-state index in [-0.39, 0.29) is 30.1 Å². The number of halogens is 1. The van der Waals surface area contributed by atoms with E-state index in [1.54, 1.807) is 37.2 Å². The first-order chi connectivity index (χ1) is 12.0. The molecule has 1 N–H and O–H groups in total. The molecule has 0 spiro atoms. The Kier molecular flexibility index (Phi) is 5.18. The average molecular weight is 360 g/mol. The van der Waals surface area contributed by atoms with Crippen LogP contribution in [0.15, 0.2) is 30.3 Å². The summed E-state index contributed by atoms with van der Waals surface area (Å²) in [6.45, 7) is 0.197. The fourth-order valence-corrected chi connectivity index (χ4v) is 4.27. The Morgan fingerprint density at radius 3 is 2.80 bits per heavy atom. The molecule has 1 aromatic carbocycles. The first kappa shape index (κ1) is 17.6. The van der Waals surface area contributed by atoms with E-state index in [2.05, 4.69) is 5.32 Å². The van der Waals surface area contributed by atoms with Crippen LogP contribution in [0.3, 0.4) is 0 Å². The van der Waals surface area contributed by atoms with E-state index in [0.29, 0.717) is 12.0 Å². The highest BCUT2D eigenvalue weighted by atomic mass is 32.1. The van der Waals surface area contributed by atoms with E-state index in [4.69, 9.17) is 0 Å². The van der Waals surface area contributed by atoms with Crippen LogP contribution >= 0.6 is 11.3 Å². The minimum Gasteiger partial charge on any atom is -0.352 e. The average Bonchev–Trinajstić information content (AvgIpc) is 3.03. The third-order valence-electron chi connectivity index (χ3n) is 4.48. The molecule has 25 heavy (non-hydrogen) atoms. The maximum absolute atomic E-state index is 13.6. The summed E-state index contributed by atoms with van der Waals surface area (Å²) in [7, 11) is 3.47. The molecule has 2 amide bonds. The smallest absolute Gasteiger partial charge is 0.263 e. The second-order valence-electron chi connectivity index (χ2n) is 6.51.